The molecule has 0 saturated heterocycles. The number of nitrogens with one attached hydrogen (secondary N) is 2. The molecule has 0 aromatic heterocycles. The van der Waals surface area contributed by atoms with E-state index in [0.29, 0.717) is 0 Å². The first-order valence-corrected chi connectivity index (χ1v) is 9.53. The highest BCUT2D eigenvalue weighted by Gasteiger charge is 2.28. The van der Waals surface area contributed by atoms with Crippen LogP contribution in [0.15, 0.2) is 24.3 Å². The van der Waals surface area contributed by atoms with Crippen LogP contribution in [-0.4, -0.2) is 41.5 Å². The van der Waals surface area contributed by atoms with E-state index in [-0.39, 0.29) is 18.4 Å². The highest BCUT2D eigenvalue weighted by atomic mass is 16.6. The van der Waals surface area contributed by atoms with Crippen molar-refractivity contribution in [3.63, 3.8) is 0 Å². The number of carbonyl (C=O) groups is 2. The molecule has 1 unspecified atom stereocenters. The van der Waals surface area contributed by atoms with Crippen LogP contribution < -0.4 is 10.6 Å². The molecule has 0 bridgehead atoms. The van der Waals surface area contributed by atoms with Gasteiger partial charge in [0, 0.05) is 12.5 Å². The lowest BCUT2D eigenvalue weighted by molar-refractivity contribution is -0.136. The molecule has 1 aromatic carbocycles. The van der Waals surface area contributed by atoms with E-state index >= 15 is 0 Å². The van der Waals surface area contributed by atoms with Gasteiger partial charge in [0.25, 0.3) is 0 Å². The topological polar surface area (TPSA) is 108 Å². The van der Waals surface area contributed by atoms with Crippen LogP contribution in [0.25, 0.3) is 0 Å². The largest absolute Gasteiger partial charge is 0.635 e. The Morgan fingerprint density at radius 3 is 2.37 bits per heavy atom. The maximum absolute atomic E-state index is 12.4. The lowest BCUT2D eigenvalue weighted by atomic mass is 9.95. The minimum absolute atomic E-state index is 0.125. The predicted octanol–water partition coefficient (Wildman–Crippen LogP) is 1.05. The molecule has 2 atom stereocenters. The molecule has 8 heteroatoms. The summed E-state index contributed by atoms with van der Waals surface area (Å²) in [5.41, 5.74) is 1.96. The zero-order valence-electron chi connectivity index (χ0n) is 16.0. The molecule has 0 radical (unpaired) electrons. The molecule has 2 amide bonds. The average molecular weight is 376 g/mol. The minimum Gasteiger partial charge on any atom is -0.402 e. The van der Waals surface area contributed by atoms with Gasteiger partial charge in [0.15, 0.2) is 0 Å². The molecule has 4 N–H and O–H groups in total. The smallest absolute Gasteiger partial charge is 0.402 e. The summed E-state index contributed by atoms with van der Waals surface area (Å²) in [6.07, 6.45) is 4.54. The molecule has 1 aliphatic rings. The summed E-state index contributed by atoms with van der Waals surface area (Å²) in [5, 5.41) is 23.8. The van der Waals surface area contributed by atoms with E-state index in [1.54, 1.807) is 0 Å². The molecule has 0 aliphatic heterocycles. The van der Waals surface area contributed by atoms with Crippen molar-refractivity contribution in [1.29, 1.82) is 0 Å². The van der Waals surface area contributed by atoms with Crippen LogP contribution in [-0.2, 0) is 20.7 Å². The predicted molar refractivity (Wildman–Crippen MR) is 102 cm³/mol. The highest BCUT2D eigenvalue weighted by molar-refractivity contribution is 6.32. The number of rotatable bonds is 8. The van der Waals surface area contributed by atoms with E-state index in [1.165, 1.54) is 13.3 Å². The summed E-state index contributed by atoms with van der Waals surface area (Å²) in [5.74, 6) is -1.73. The maximum Gasteiger partial charge on any atom is 0.635 e. The van der Waals surface area contributed by atoms with Gasteiger partial charge in [-0.25, -0.2) is 0 Å². The van der Waals surface area contributed by atoms with Gasteiger partial charge in [-0.2, -0.15) is 0 Å². The Morgan fingerprint density at radius 2 is 1.78 bits per heavy atom. The van der Waals surface area contributed by atoms with Gasteiger partial charge in [0.2, 0.25) is 11.8 Å². The standard InChI is InChI=1S/C19H29BN2O5/c1-13-8-10-15(11-9-13)12-17(27-20(25)26)22-19(24)14(2)18(23)21-16-6-4-3-5-7-16/h8-11,14,16-17,25-26H,3-7,12H2,1-2H3,(H,21,23)(H,22,24)/t14?,17-/m1/s1. The third-order valence-electron chi connectivity index (χ3n) is 4.87. The van der Waals surface area contributed by atoms with Crippen LogP contribution in [0.1, 0.15) is 50.2 Å². The fourth-order valence-electron chi connectivity index (χ4n) is 3.19. The average Bonchev–Trinajstić information content (AvgIpc) is 2.63. The summed E-state index contributed by atoms with van der Waals surface area (Å²) in [6, 6.07) is 7.72. The van der Waals surface area contributed by atoms with E-state index in [0.717, 1.165) is 36.8 Å². The Balaban J connectivity index is 1.92. The van der Waals surface area contributed by atoms with Crippen molar-refractivity contribution >= 4 is 19.1 Å². The summed E-state index contributed by atoms with van der Waals surface area (Å²) < 4.78 is 4.98. The molecule has 1 aromatic rings. The summed E-state index contributed by atoms with van der Waals surface area (Å²) in [7, 11) is -2.02. The quantitative estimate of drug-likeness (QED) is 0.308. The summed E-state index contributed by atoms with van der Waals surface area (Å²) >= 11 is 0. The first-order valence-electron chi connectivity index (χ1n) is 9.53. The lowest BCUT2D eigenvalue weighted by Gasteiger charge is -2.25. The second kappa shape index (κ2) is 10.4. The number of hydrogen-bond donors (Lipinski definition) is 4. The van der Waals surface area contributed by atoms with E-state index in [1.807, 2.05) is 31.2 Å². The van der Waals surface area contributed by atoms with Gasteiger partial charge in [-0.05, 0) is 32.3 Å². The fraction of sp³-hybridized carbons (Fsp3) is 0.579. The zero-order chi connectivity index (χ0) is 19.8. The number of aryl methyl sites for hydroxylation is 1. The molecule has 2 rings (SSSR count). The van der Waals surface area contributed by atoms with Crippen LogP contribution in [0.3, 0.4) is 0 Å². The SMILES string of the molecule is Cc1ccc(C[C@H](NC(=O)C(C)C(=O)NC2CCCCC2)OB(O)O)cc1. The molecule has 1 fully saturated rings. The van der Waals surface area contributed by atoms with Crippen molar-refractivity contribution in [2.24, 2.45) is 5.92 Å². The third kappa shape index (κ3) is 7.32. The Morgan fingerprint density at radius 1 is 1.15 bits per heavy atom. The first-order chi connectivity index (χ1) is 12.8. The van der Waals surface area contributed by atoms with Crippen molar-refractivity contribution < 1.29 is 24.3 Å². The van der Waals surface area contributed by atoms with Crippen molar-refractivity contribution in [3.05, 3.63) is 35.4 Å². The summed E-state index contributed by atoms with van der Waals surface area (Å²) in [4.78, 5) is 24.8. The molecule has 7 nitrogen and oxygen atoms in total. The Labute approximate surface area is 160 Å². The van der Waals surface area contributed by atoms with Crippen LogP contribution in [0.5, 0.6) is 0 Å². The molecule has 1 saturated carbocycles. The Kier molecular flexibility index (Phi) is 8.28. The van der Waals surface area contributed by atoms with Crippen LogP contribution in [0, 0.1) is 12.8 Å². The van der Waals surface area contributed by atoms with Crippen molar-refractivity contribution in [2.45, 2.75) is 64.6 Å². The monoisotopic (exact) mass is 376 g/mol. The maximum atomic E-state index is 12.4. The summed E-state index contributed by atoms with van der Waals surface area (Å²) in [6.45, 7) is 3.50. The Hall–Kier alpha value is -1.90. The highest BCUT2D eigenvalue weighted by Crippen LogP contribution is 2.18. The second-order valence-electron chi connectivity index (χ2n) is 7.21. The third-order valence-corrected chi connectivity index (χ3v) is 4.87. The molecule has 0 heterocycles. The van der Waals surface area contributed by atoms with Gasteiger partial charge in [0.1, 0.15) is 12.1 Å². The molecular weight excluding hydrogens is 347 g/mol. The van der Waals surface area contributed by atoms with Crippen molar-refractivity contribution in [2.75, 3.05) is 0 Å². The minimum atomic E-state index is -2.02. The van der Waals surface area contributed by atoms with E-state index in [2.05, 4.69) is 10.6 Å². The number of amides is 2. The van der Waals surface area contributed by atoms with Gasteiger partial charge in [0.05, 0.1) is 0 Å². The number of benzene rings is 1. The van der Waals surface area contributed by atoms with Gasteiger partial charge in [-0.1, -0.05) is 49.1 Å². The second-order valence-corrected chi connectivity index (χ2v) is 7.21. The van der Waals surface area contributed by atoms with Gasteiger partial charge >= 0.3 is 7.32 Å². The lowest BCUT2D eigenvalue weighted by Crippen LogP contribution is -2.49. The van der Waals surface area contributed by atoms with E-state index in [4.69, 9.17) is 14.7 Å². The van der Waals surface area contributed by atoms with Crippen LogP contribution in [0.4, 0.5) is 0 Å². The molecule has 1 aliphatic carbocycles. The molecule has 27 heavy (non-hydrogen) atoms. The van der Waals surface area contributed by atoms with Gasteiger partial charge in [-0.15, -0.1) is 0 Å². The zero-order valence-corrected chi connectivity index (χ0v) is 16.0. The van der Waals surface area contributed by atoms with Crippen LogP contribution in [0.2, 0.25) is 0 Å². The van der Waals surface area contributed by atoms with Gasteiger partial charge < -0.3 is 25.3 Å². The van der Waals surface area contributed by atoms with Gasteiger partial charge in [-0.3, -0.25) is 9.59 Å². The molecule has 0 spiro atoms. The number of carbonyl (C=O) groups excluding carboxylic acids is 2. The van der Waals surface area contributed by atoms with E-state index in [9.17, 15) is 9.59 Å². The Bertz CT molecular complexity index is 617. The number of hydrogen-bond acceptors (Lipinski definition) is 5. The molecule has 148 valence electrons. The van der Waals surface area contributed by atoms with Crippen molar-refractivity contribution in [1.82, 2.24) is 10.6 Å². The fourth-order valence-corrected chi connectivity index (χ4v) is 3.19. The molecular formula is C19H29BN2O5. The normalized spacial score (nSPS) is 17.0. The van der Waals surface area contributed by atoms with Crippen LogP contribution >= 0.6 is 0 Å². The van der Waals surface area contributed by atoms with Crippen molar-refractivity contribution in [3.8, 4) is 0 Å². The van der Waals surface area contributed by atoms with E-state index < -0.39 is 25.4 Å². The first kappa shape index (κ1) is 21.4.